The monoisotopic (exact) mass is 781 g/mol. The molecule has 282 valence electrons. The molecule has 1 atom stereocenters. The van der Waals surface area contributed by atoms with Crippen LogP contribution in [0.15, 0.2) is 95.9 Å². The predicted molar refractivity (Wildman–Crippen MR) is 208 cm³/mol. The summed E-state index contributed by atoms with van der Waals surface area (Å²) in [5.74, 6) is 0.0872. The number of rotatable bonds is 16. The van der Waals surface area contributed by atoms with Crippen molar-refractivity contribution in [3.63, 3.8) is 0 Å². The molecular formula is C40H45Cl2N3O7S. The summed E-state index contributed by atoms with van der Waals surface area (Å²) in [6.45, 7) is 1.45. The van der Waals surface area contributed by atoms with Gasteiger partial charge < -0.3 is 24.4 Å². The van der Waals surface area contributed by atoms with Crippen molar-refractivity contribution < 1.29 is 32.2 Å². The average molecular weight is 783 g/mol. The third-order valence-electron chi connectivity index (χ3n) is 9.27. The van der Waals surface area contributed by atoms with Crippen LogP contribution in [0.4, 0.5) is 5.69 Å². The second-order valence-corrected chi connectivity index (χ2v) is 15.4. The summed E-state index contributed by atoms with van der Waals surface area (Å²) in [6.07, 6.45) is 4.94. The maximum absolute atomic E-state index is 14.9. The highest BCUT2D eigenvalue weighted by molar-refractivity contribution is 7.92. The van der Waals surface area contributed by atoms with E-state index in [0.29, 0.717) is 33.7 Å². The minimum Gasteiger partial charge on any atom is -0.494 e. The predicted octanol–water partition coefficient (Wildman–Crippen LogP) is 7.69. The number of nitrogens with zero attached hydrogens (tertiary/aromatic N) is 2. The lowest BCUT2D eigenvalue weighted by atomic mass is 9.94. The van der Waals surface area contributed by atoms with Crippen molar-refractivity contribution in [2.75, 3.05) is 31.7 Å². The first-order valence-corrected chi connectivity index (χ1v) is 19.8. The zero-order valence-electron chi connectivity index (χ0n) is 30.1. The highest BCUT2D eigenvalue weighted by atomic mass is 35.5. The van der Waals surface area contributed by atoms with Crippen LogP contribution in [-0.4, -0.2) is 64.6 Å². The van der Waals surface area contributed by atoms with E-state index in [1.165, 1.54) is 37.3 Å². The summed E-state index contributed by atoms with van der Waals surface area (Å²) < 4.78 is 46.6. The van der Waals surface area contributed by atoms with Crippen LogP contribution in [0.25, 0.3) is 0 Å². The van der Waals surface area contributed by atoms with Gasteiger partial charge in [0.25, 0.3) is 10.0 Å². The van der Waals surface area contributed by atoms with Crippen molar-refractivity contribution in [3.05, 3.63) is 112 Å². The minimum absolute atomic E-state index is 0.0406. The molecule has 0 heterocycles. The van der Waals surface area contributed by atoms with E-state index in [9.17, 15) is 18.0 Å². The first kappa shape index (κ1) is 39.8. The molecule has 10 nitrogen and oxygen atoms in total. The number of benzene rings is 4. The Labute approximate surface area is 322 Å². The first-order chi connectivity index (χ1) is 25.5. The van der Waals surface area contributed by atoms with Crippen LogP contribution >= 0.6 is 23.2 Å². The Morgan fingerprint density at radius 1 is 0.849 bits per heavy atom. The second kappa shape index (κ2) is 18.5. The van der Waals surface area contributed by atoms with E-state index in [0.717, 1.165) is 42.0 Å². The van der Waals surface area contributed by atoms with Gasteiger partial charge >= 0.3 is 0 Å². The van der Waals surface area contributed by atoms with Gasteiger partial charge in [0, 0.05) is 40.7 Å². The number of amides is 2. The van der Waals surface area contributed by atoms with Crippen molar-refractivity contribution in [1.82, 2.24) is 10.2 Å². The van der Waals surface area contributed by atoms with Crippen molar-refractivity contribution in [1.29, 1.82) is 0 Å². The molecule has 1 fully saturated rings. The van der Waals surface area contributed by atoms with Gasteiger partial charge in [0.15, 0.2) is 11.5 Å². The number of nitrogens with one attached hydrogen (secondary N) is 1. The molecule has 0 unspecified atom stereocenters. The third-order valence-corrected chi connectivity index (χ3v) is 11.7. The van der Waals surface area contributed by atoms with Crippen molar-refractivity contribution in [3.8, 4) is 17.2 Å². The smallest absolute Gasteiger partial charge is 0.264 e. The molecule has 2 amide bonds. The van der Waals surface area contributed by atoms with Gasteiger partial charge in [-0.2, -0.15) is 0 Å². The van der Waals surface area contributed by atoms with E-state index >= 15 is 0 Å². The number of carbonyl (C=O) groups excluding carboxylic acids is 2. The van der Waals surface area contributed by atoms with E-state index < -0.39 is 28.5 Å². The molecule has 4 aromatic carbocycles. The quantitative estimate of drug-likeness (QED) is 0.124. The molecule has 0 aromatic heterocycles. The summed E-state index contributed by atoms with van der Waals surface area (Å²) in [5, 5.41) is 3.82. The van der Waals surface area contributed by atoms with Gasteiger partial charge in [0.1, 0.15) is 18.3 Å². The molecule has 13 heteroatoms. The maximum Gasteiger partial charge on any atom is 0.264 e. The molecule has 1 aliphatic carbocycles. The Balaban J connectivity index is 1.61. The number of ether oxygens (including phenoxy) is 3. The van der Waals surface area contributed by atoms with Gasteiger partial charge in [0.2, 0.25) is 11.8 Å². The van der Waals surface area contributed by atoms with E-state index in [1.807, 2.05) is 37.3 Å². The van der Waals surface area contributed by atoms with E-state index in [2.05, 4.69) is 5.32 Å². The number of sulfonamides is 1. The van der Waals surface area contributed by atoms with Gasteiger partial charge in [-0.1, -0.05) is 78.9 Å². The molecule has 5 rings (SSSR count). The fraction of sp³-hybridized carbons (Fsp3) is 0.350. The zero-order chi connectivity index (χ0) is 38.0. The van der Waals surface area contributed by atoms with Crippen molar-refractivity contribution in [2.45, 2.75) is 69.0 Å². The van der Waals surface area contributed by atoms with Gasteiger partial charge in [-0.05, 0) is 73.9 Å². The number of hydrogen-bond donors (Lipinski definition) is 1. The maximum atomic E-state index is 14.9. The Kier molecular flexibility index (Phi) is 13.9. The Bertz CT molecular complexity index is 1940. The molecule has 4 aromatic rings. The summed E-state index contributed by atoms with van der Waals surface area (Å²) in [4.78, 5) is 30.6. The molecule has 0 spiro atoms. The van der Waals surface area contributed by atoms with E-state index in [-0.39, 0.29) is 41.2 Å². The van der Waals surface area contributed by atoms with Crippen molar-refractivity contribution >= 4 is 50.7 Å². The normalized spacial score (nSPS) is 13.8. The number of anilines is 1. The molecule has 53 heavy (non-hydrogen) atoms. The Morgan fingerprint density at radius 3 is 2.13 bits per heavy atom. The second-order valence-electron chi connectivity index (χ2n) is 12.7. The largest absolute Gasteiger partial charge is 0.494 e. The first-order valence-electron chi connectivity index (χ1n) is 17.6. The number of methoxy groups -OCH3 is 2. The average Bonchev–Trinajstić information content (AvgIpc) is 3.17. The third kappa shape index (κ3) is 9.96. The van der Waals surface area contributed by atoms with Crippen LogP contribution in [-0.2, 0) is 32.6 Å². The zero-order valence-corrected chi connectivity index (χ0v) is 32.4. The van der Waals surface area contributed by atoms with Crippen LogP contribution in [0.2, 0.25) is 10.0 Å². The molecule has 1 N–H and O–H groups in total. The fourth-order valence-electron chi connectivity index (χ4n) is 6.46. The summed E-state index contributed by atoms with van der Waals surface area (Å²) in [7, 11) is -1.57. The van der Waals surface area contributed by atoms with Crippen LogP contribution in [0.3, 0.4) is 0 Å². The molecule has 0 bridgehead atoms. The SMILES string of the molecule is CCOc1ccc(N(CC(=O)N(Cc2c(Cl)cccc2Cl)[C@@H](Cc2ccccc2)C(=O)NC2CCCCC2)S(=O)(=O)c2ccc(OC)c(OC)c2)cc1. The molecule has 0 aliphatic heterocycles. The Hall–Kier alpha value is -4.45. The molecule has 0 saturated heterocycles. The van der Waals surface area contributed by atoms with E-state index in [1.54, 1.807) is 42.5 Å². The van der Waals surface area contributed by atoms with E-state index in [4.69, 9.17) is 37.4 Å². The highest BCUT2D eigenvalue weighted by Gasteiger charge is 2.36. The Morgan fingerprint density at radius 2 is 1.51 bits per heavy atom. The number of hydrogen-bond acceptors (Lipinski definition) is 7. The lowest BCUT2D eigenvalue weighted by Gasteiger charge is -2.35. The fourth-order valence-corrected chi connectivity index (χ4v) is 8.41. The standard InChI is InChI=1S/C40H45Cl2N3O7S/c1-4-52-31-20-18-30(19-21-31)45(53(48,49)32-22-23-37(50-2)38(25-32)51-3)27-39(46)44(26-33-34(41)16-11-17-35(33)42)36(24-28-12-7-5-8-13-28)40(47)43-29-14-9-6-10-15-29/h5,7-8,11-13,16-23,25,29,36H,4,6,9-10,14-15,24,26-27H2,1-3H3,(H,43,47)/t36-/m0/s1. The van der Waals surface area contributed by atoms with Gasteiger partial charge in [-0.15, -0.1) is 0 Å². The lowest BCUT2D eigenvalue weighted by Crippen LogP contribution is -2.55. The molecule has 0 radical (unpaired) electrons. The number of carbonyl (C=O) groups is 2. The van der Waals surface area contributed by atoms with Crippen LogP contribution in [0.1, 0.15) is 50.2 Å². The van der Waals surface area contributed by atoms with Gasteiger partial charge in [0.05, 0.1) is 31.4 Å². The molecule has 1 saturated carbocycles. The van der Waals surface area contributed by atoms with Crippen LogP contribution < -0.4 is 23.8 Å². The van der Waals surface area contributed by atoms with Gasteiger partial charge in [-0.25, -0.2) is 8.42 Å². The van der Waals surface area contributed by atoms with Gasteiger partial charge in [-0.3, -0.25) is 13.9 Å². The minimum atomic E-state index is -4.43. The lowest BCUT2D eigenvalue weighted by molar-refractivity contribution is -0.140. The van der Waals surface area contributed by atoms with Crippen LogP contribution in [0.5, 0.6) is 17.2 Å². The summed E-state index contributed by atoms with van der Waals surface area (Å²) in [5.41, 5.74) is 1.46. The molecule has 1 aliphatic rings. The summed E-state index contributed by atoms with van der Waals surface area (Å²) >= 11 is 13.3. The van der Waals surface area contributed by atoms with Crippen molar-refractivity contribution in [2.24, 2.45) is 0 Å². The topological polar surface area (TPSA) is 114 Å². The number of halogens is 2. The highest BCUT2D eigenvalue weighted by Crippen LogP contribution is 2.34. The van der Waals surface area contributed by atoms with Crippen LogP contribution in [0, 0.1) is 0 Å². The summed E-state index contributed by atoms with van der Waals surface area (Å²) in [6, 6.07) is 24.0. The molecular weight excluding hydrogens is 737 g/mol.